The molecule has 0 aliphatic carbocycles. The molecular weight excluding hydrogens is 356 g/mol. The maximum Gasteiger partial charge on any atom is 0.128 e. The Hall–Kier alpha value is -3.98. The largest absolute Gasteiger partial charge is 0.457 e. The highest BCUT2D eigenvalue weighted by molar-refractivity contribution is 5.81. The van der Waals surface area contributed by atoms with Crippen molar-refractivity contribution < 1.29 is 4.74 Å². The summed E-state index contributed by atoms with van der Waals surface area (Å²) in [7, 11) is 0. The number of para-hydroxylation sites is 1. The molecule has 5 rings (SSSR count). The van der Waals surface area contributed by atoms with Crippen molar-refractivity contribution in [1.29, 1.82) is 0 Å². The van der Waals surface area contributed by atoms with E-state index in [4.69, 9.17) is 9.72 Å². The van der Waals surface area contributed by atoms with Gasteiger partial charge in [-0.25, -0.2) is 4.98 Å². The van der Waals surface area contributed by atoms with Crippen LogP contribution >= 0.6 is 0 Å². The highest BCUT2D eigenvalue weighted by atomic mass is 16.5. The van der Waals surface area contributed by atoms with Crippen LogP contribution < -0.4 is 4.74 Å². The molecule has 0 N–H and O–H groups in total. The highest BCUT2D eigenvalue weighted by Crippen LogP contribution is 2.29. The zero-order chi connectivity index (χ0) is 19.5. The van der Waals surface area contributed by atoms with Crippen LogP contribution in [0.1, 0.15) is 0 Å². The molecule has 138 valence electrons. The van der Waals surface area contributed by atoms with Crippen LogP contribution in [0.25, 0.3) is 33.4 Å². The van der Waals surface area contributed by atoms with Gasteiger partial charge in [-0.05, 0) is 48.5 Å². The van der Waals surface area contributed by atoms with Crippen LogP contribution in [0.2, 0.25) is 0 Å². The van der Waals surface area contributed by atoms with Crippen molar-refractivity contribution >= 4 is 10.9 Å². The number of ether oxygens (including phenoxy) is 1. The molecule has 0 saturated carbocycles. The summed E-state index contributed by atoms with van der Waals surface area (Å²) in [5.74, 6) is 1.55. The third kappa shape index (κ3) is 3.71. The number of benzene rings is 3. The van der Waals surface area contributed by atoms with E-state index < -0.39 is 0 Å². The molecule has 3 nitrogen and oxygen atoms in total. The molecule has 0 amide bonds. The summed E-state index contributed by atoms with van der Waals surface area (Å²) in [6, 6.07) is 34.1. The van der Waals surface area contributed by atoms with E-state index in [1.807, 2.05) is 91.0 Å². The molecule has 0 atom stereocenters. The molecule has 0 unspecified atom stereocenters. The first-order valence-corrected chi connectivity index (χ1v) is 9.51. The predicted octanol–water partition coefficient (Wildman–Crippen LogP) is 6.76. The van der Waals surface area contributed by atoms with Crippen LogP contribution in [0.4, 0.5) is 0 Å². The molecule has 0 fully saturated rings. The Kier molecular flexibility index (Phi) is 4.47. The van der Waals surface area contributed by atoms with E-state index in [1.54, 1.807) is 6.20 Å². The van der Waals surface area contributed by atoms with Gasteiger partial charge in [0.15, 0.2) is 0 Å². The van der Waals surface area contributed by atoms with Crippen LogP contribution in [0.3, 0.4) is 0 Å². The molecule has 2 aromatic heterocycles. The minimum absolute atomic E-state index is 0.774. The first-order valence-electron chi connectivity index (χ1n) is 9.51. The number of rotatable bonds is 4. The Morgan fingerprint density at radius 3 is 2.03 bits per heavy atom. The lowest BCUT2D eigenvalue weighted by molar-refractivity contribution is 0.483. The lowest BCUT2D eigenvalue weighted by Gasteiger charge is -2.09. The summed E-state index contributed by atoms with van der Waals surface area (Å²) in [5, 5.41) is 1.13. The van der Waals surface area contributed by atoms with Crippen molar-refractivity contribution in [2.75, 3.05) is 0 Å². The number of fused-ring (bicyclic) bond motifs is 1. The molecule has 0 aliphatic rings. The molecule has 5 aromatic rings. The lowest BCUT2D eigenvalue weighted by Crippen LogP contribution is -1.89. The van der Waals surface area contributed by atoms with Gasteiger partial charge in [-0.1, -0.05) is 54.6 Å². The number of aromatic nitrogens is 2. The molecule has 0 aliphatic heterocycles. The minimum atomic E-state index is 0.774. The fourth-order valence-electron chi connectivity index (χ4n) is 3.33. The van der Waals surface area contributed by atoms with Crippen molar-refractivity contribution in [3.8, 4) is 34.0 Å². The quantitative estimate of drug-likeness (QED) is 0.349. The molecule has 0 bridgehead atoms. The summed E-state index contributed by atoms with van der Waals surface area (Å²) in [4.78, 5) is 9.20. The normalized spacial score (nSPS) is 10.8. The molecule has 29 heavy (non-hydrogen) atoms. The van der Waals surface area contributed by atoms with Crippen molar-refractivity contribution in [2.45, 2.75) is 0 Å². The van der Waals surface area contributed by atoms with Crippen LogP contribution in [0.15, 0.2) is 109 Å². The second kappa shape index (κ2) is 7.56. The second-order valence-electron chi connectivity index (χ2n) is 6.76. The fraction of sp³-hybridized carbons (Fsp3) is 0. The van der Waals surface area contributed by atoms with E-state index in [2.05, 4.69) is 17.1 Å². The third-order valence-corrected chi connectivity index (χ3v) is 4.76. The van der Waals surface area contributed by atoms with Crippen molar-refractivity contribution in [1.82, 2.24) is 9.97 Å². The average Bonchev–Trinajstić information content (AvgIpc) is 2.80. The lowest BCUT2D eigenvalue weighted by atomic mass is 10.1. The predicted molar refractivity (Wildman–Crippen MR) is 117 cm³/mol. The SMILES string of the molecule is c1ccc(-c2cccc(Oc3cccc(-c4ccc5ccccc5n4)c3)c2)nc1. The van der Waals surface area contributed by atoms with Gasteiger partial charge in [-0.15, -0.1) is 0 Å². The number of hydrogen-bond acceptors (Lipinski definition) is 3. The number of nitrogens with zero attached hydrogens (tertiary/aromatic N) is 2. The third-order valence-electron chi connectivity index (χ3n) is 4.76. The Morgan fingerprint density at radius 1 is 0.552 bits per heavy atom. The van der Waals surface area contributed by atoms with Gasteiger partial charge in [0, 0.05) is 22.7 Å². The van der Waals surface area contributed by atoms with Crippen molar-refractivity contribution in [3.63, 3.8) is 0 Å². The van der Waals surface area contributed by atoms with Gasteiger partial charge in [-0.3, -0.25) is 4.98 Å². The molecule has 0 radical (unpaired) electrons. The maximum atomic E-state index is 6.13. The van der Waals surface area contributed by atoms with Gasteiger partial charge < -0.3 is 4.74 Å². The average molecular weight is 374 g/mol. The fourth-order valence-corrected chi connectivity index (χ4v) is 3.33. The van der Waals surface area contributed by atoms with Gasteiger partial charge >= 0.3 is 0 Å². The summed E-state index contributed by atoms with van der Waals surface area (Å²) in [5.41, 5.74) is 4.88. The Bertz CT molecular complexity index is 1280. The first kappa shape index (κ1) is 17.1. The van der Waals surface area contributed by atoms with Crippen LogP contribution in [0.5, 0.6) is 11.5 Å². The monoisotopic (exact) mass is 374 g/mol. The molecule has 3 aromatic carbocycles. The molecule has 2 heterocycles. The number of hydrogen-bond donors (Lipinski definition) is 0. The molecule has 3 heteroatoms. The van der Waals surface area contributed by atoms with Crippen LogP contribution in [-0.4, -0.2) is 9.97 Å². The smallest absolute Gasteiger partial charge is 0.128 e. The van der Waals surface area contributed by atoms with Gasteiger partial charge in [-0.2, -0.15) is 0 Å². The standard InChI is InChI=1S/C26H18N2O/c1-2-13-25-19(7-1)14-15-26(28-25)21-9-6-11-23(18-21)29-22-10-5-8-20(17-22)24-12-3-4-16-27-24/h1-18H. The summed E-state index contributed by atoms with van der Waals surface area (Å²) >= 11 is 0. The maximum absolute atomic E-state index is 6.13. The van der Waals surface area contributed by atoms with Crippen molar-refractivity contribution in [2.24, 2.45) is 0 Å². The zero-order valence-electron chi connectivity index (χ0n) is 15.7. The number of pyridine rings is 2. The van der Waals surface area contributed by atoms with E-state index in [-0.39, 0.29) is 0 Å². The van der Waals surface area contributed by atoms with Gasteiger partial charge in [0.2, 0.25) is 0 Å². The second-order valence-corrected chi connectivity index (χ2v) is 6.76. The van der Waals surface area contributed by atoms with Gasteiger partial charge in [0.25, 0.3) is 0 Å². The van der Waals surface area contributed by atoms with E-state index in [0.717, 1.165) is 44.9 Å². The summed E-state index contributed by atoms with van der Waals surface area (Å²) < 4.78 is 6.13. The van der Waals surface area contributed by atoms with E-state index >= 15 is 0 Å². The highest BCUT2D eigenvalue weighted by Gasteiger charge is 2.06. The zero-order valence-corrected chi connectivity index (χ0v) is 15.7. The molecule has 0 spiro atoms. The Balaban J connectivity index is 1.44. The van der Waals surface area contributed by atoms with Crippen LogP contribution in [0, 0.1) is 0 Å². The topological polar surface area (TPSA) is 35.0 Å². The van der Waals surface area contributed by atoms with E-state index in [9.17, 15) is 0 Å². The summed E-state index contributed by atoms with van der Waals surface area (Å²) in [6.45, 7) is 0. The molecular formula is C26H18N2O. The van der Waals surface area contributed by atoms with Gasteiger partial charge in [0.05, 0.1) is 16.9 Å². The van der Waals surface area contributed by atoms with Crippen molar-refractivity contribution in [3.05, 3.63) is 109 Å². The van der Waals surface area contributed by atoms with Crippen LogP contribution in [-0.2, 0) is 0 Å². The van der Waals surface area contributed by atoms with E-state index in [0.29, 0.717) is 0 Å². The van der Waals surface area contributed by atoms with E-state index in [1.165, 1.54) is 0 Å². The minimum Gasteiger partial charge on any atom is -0.457 e. The summed E-state index contributed by atoms with van der Waals surface area (Å²) in [6.07, 6.45) is 1.79. The molecule has 0 saturated heterocycles. The Labute approximate surface area is 169 Å². The first-order chi connectivity index (χ1) is 14.3. The van der Waals surface area contributed by atoms with Gasteiger partial charge in [0.1, 0.15) is 11.5 Å². The Morgan fingerprint density at radius 2 is 1.28 bits per heavy atom.